The fraction of sp³-hybridized carbons (Fsp3) is 0.444. The lowest BCUT2D eigenvalue weighted by Gasteiger charge is -2.10. The zero-order chi connectivity index (χ0) is 17.5. The molecule has 2 N–H and O–H groups in total. The molecule has 0 spiro atoms. The maximum atomic E-state index is 12.1. The van der Waals surface area contributed by atoms with Gasteiger partial charge in [-0.15, -0.1) is 0 Å². The van der Waals surface area contributed by atoms with Gasteiger partial charge in [0.05, 0.1) is 18.9 Å². The second-order valence-electron chi connectivity index (χ2n) is 6.03. The molecule has 1 aromatic heterocycles. The minimum atomic E-state index is -0.518. The minimum absolute atomic E-state index is 0.209. The van der Waals surface area contributed by atoms with E-state index in [1.807, 2.05) is 31.2 Å². The standard InChI is InChI=1S/C18H24N2O4/c1-4-23-11-16-15(17(21)20-18(22)19-16)9-13-5-7-14(8-6-13)24-10-12(2)3/h5-8,12H,4,9-11H2,1-3H3,(H2,19,20,21,22). The Hall–Kier alpha value is -2.34. The lowest BCUT2D eigenvalue weighted by Crippen LogP contribution is -2.28. The molecule has 0 fully saturated rings. The van der Waals surface area contributed by atoms with Crippen LogP contribution in [0.1, 0.15) is 37.6 Å². The molecule has 130 valence electrons. The molecule has 24 heavy (non-hydrogen) atoms. The van der Waals surface area contributed by atoms with Gasteiger partial charge in [0.25, 0.3) is 5.56 Å². The van der Waals surface area contributed by atoms with Crippen molar-refractivity contribution in [1.29, 1.82) is 0 Å². The Balaban J connectivity index is 2.18. The molecule has 0 amide bonds. The van der Waals surface area contributed by atoms with Gasteiger partial charge in [0.1, 0.15) is 5.75 Å². The molecule has 0 saturated heterocycles. The van der Waals surface area contributed by atoms with Gasteiger partial charge in [-0.2, -0.15) is 0 Å². The van der Waals surface area contributed by atoms with Crippen LogP contribution in [-0.4, -0.2) is 23.2 Å². The Bertz CT molecular complexity index is 760. The van der Waals surface area contributed by atoms with E-state index in [-0.39, 0.29) is 12.2 Å². The van der Waals surface area contributed by atoms with Gasteiger partial charge in [-0.3, -0.25) is 9.78 Å². The topological polar surface area (TPSA) is 84.2 Å². The largest absolute Gasteiger partial charge is 0.493 e. The van der Waals surface area contributed by atoms with Crippen LogP contribution < -0.4 is 16.0 Å². The van der Waals surface area contributed by atoms with Crippen molar-refractivity contribution in [2.75, 3.05) is 13.2 Å². The zero-order valence-corrected chi connectivity index (χ0v) is 14.3. The normalized spacial score (nSPS) is 11.0. The summed E-state index contributed by atoms with van der Waals surface area (Å²) in [5.41, 5.74) is 1.09. The average molecular weight is 332 g/mol. The maximum Gasteiger partial charge on any atom is 0.325 e. The van der Waals surface area contributed by atoms with Crippen molar-refractivity contribution in [3.05, 3.63) is 61.9 Å². The van der Waals surface area contributed by atoms with E-state index in [4.69, 9.17) is 9.47 Å². The van der Waals surface area contributed by atoms with E-state index in [9.17, 15) is 9.59 Å². The van der Waals surface area contributed by atoms with E-state index in [0.29, 0.717) is 36.8 Å². The van der Waals surface area contributed by atoms with Crippen LogP contribution in [0.4, 0.5) is 0 Å². The summed E-state index contributed by atoms with van der Waals surface area (Å²) in [7, 11) is 0. The van der Waals surface area contributed by atoms with Crippen LogP contribution in [0.2, 0.25) is 0 Å². The van der Waals surface area contributed by atoms with E-state index < -0.39 is 5.69 Å². The van der Waals surface area contributed by atoms with Gasteiger partial charge in [0.15, 0.2) is 0 Å². The molecule has 1 aromatic carbocycles. The molecule has 6 heteroatoms. The Morgan fingerprint density at radius 1 is 1.08 bits per heavy atom. The number of H-pyrrole nitrogens is 2. The fourth-order valence-electron chi connectivity index (χ4n) is 2.24. The molecular weight excluding hydrogens is 308 g/mol. The third-order valence-corrected chi connectivity index (χ3v) is 3.47. The summed E-state index contributed by atoms with van der Waals surface area (Å²) < 4.78 is 11.0. The number of nitrogens with one attached hydrogen (secondary N) is 2. The van der Waals surface area contributed by atoms with Gasteiger partial charge >= 0.3 is 5.69 Å². The summed E-state index contributed by atoms with van der Waals surface area (Å²) in [5.74, 6) is 1.27. The summed E-state index contributed by atoms with van der Waals surface area (Å²) in [6.07, 6.45) is 0.416. The summed E-state index contributed by atoms with van der Waals surface area (Å²) in [5, 5.41) is 0. The Labute approximate surface area is 140 Å². The zero-order valence-electron chi connectivity index (χ0n) is 14.3. The van der Waals surface area contributed by atoms with Gasteiger partial charge in [0, 0.05) is 18.6 Å². The summed E-state index contributed by atoms with van der Waals surface area (Å²) in [4.78, 5) is 28.5. The summed E-state index contributed by atoms with van der Waals surface area (Å²) >= 11 is 0. The molecule has 0 saturated carbocycles. The predicted octanol–water partition coefficient (Wildman–Crippen LogP) is 2.23. The Kier molecular flexibility index (Phi) is 6.37. The number of benzene rings is 1. The fourth-order valence-corrected chi connectivity index (χ4v) is 2.24. The molecule has 2 rings (SSSR count). The molecule has 0 radical (unpaired) electrons. The van der Waals surface area contributed by atoms with Crippen molar-refractivity contribution in [2.45, 2.75) is 33.8 Å². The molecule has 0 aliphatic rings. The van der Waals surface area contributed by atoms with Crippen LogP contribution in [0, 0.1) is 5.92 Å². The van der Waals surface area contributed by atoms with Crippen LogP contribution in [-0.2, 0) is 17.8 Å². The highest BCUT2D eigenvalue weighted by Gasteiger charge is 2.11. The third-order valence-electron chi connectivity index (χ3n) is 3.47. The van der Waals surface area contributed by atoms with Gasteiger partial charge in [0.2, 0.25) is 0 Å². The Morgan fingerprint density at radius 3 is 2.42 bits per heavy atom. The predicted molar refractivity (Wildman–Crippen MR) is 92.6 cm³/mol. The highest BCUT2D eigenvalue weighted by Crippen LogP contribution is 2.16. The first-order valence-corrected chi connectivity index (χ1v) is 8.13. The van der Waals surface area contributed by atoms with Crippen LogP contribution in [0.5, 0.6) is 5.75 Å². The molecule has 0 unspecified atom stereocenters. The van der Waals surface area contributed by atoms with Gasteiger partial charge in [-0.1, -0.05) is 26.0 Å². The average Bonchev–Trinajstić information content (AvgIpc) is 2.54. The monoisotopic (exact) mass is 332 g/mol. The van der Waals surface area contributed by atoms with E-state index >= 15 is 0 Å². The van der Waals surface area contributed by atoms with E-state index in [0.717, 1.165) is 11.3 Å². The molecule has 2 aromatic rings. The first kappa shape index (κ1) is 18.0. The number of hydrogen-bond donors (Lipinski definition) is 2. The van der Waals surface area contributed by atoms with Crippen LogP contribution in [0.15, 0.2) is 33.9 Å². The molecular formula is C18H24N2O4. The molecule has 1 heterocycles. The second-order valence-corrected chi connectivity index (χ2v) is 6.03. The molecule has 6 nitrogen and oxygen atoms in total. The van der Waals surface area contributed by atoms with Crippen molar-refractivity contribution in [3.63, 3.8) is 0 Å². The Morgan fingerprint density at radius 2 is 1.79 bits per heavy atom. The summed E-state index contributed by atoms with van der Waals surface area (Å²) in [6, 6.07) is 7.62. The van der Waals surface area contributed by atoms with Gasteiger partial charge < -0.3 is 14.5 Å². The second kappa shape index (κ2) is 8.49. The van der Waals surface area contributed by atoms with Crippen molar-refractivity contribution < 1.29 is 9.47 Å². The van der Waals surface area contributed by atoms with E-state index in [2.05, 4.69) is 23.8 Å². The lowest BCUT2D eigenvalue weighted by molar-refractivity contribution is 0.130. The van der Waals surface area contributed by atoms with Crippen LogP contribution >= 0.6 is 0 Å². The lowest BCUT2D eigenvalue weighted by atomic mass is 10.0. The first-order valence-electron chi connectivity index (χ1n) is 8.13. The molecule has 0 bridgehead atoms. The first-order chi connectivity index (χ1) is 11.5. The highest BCUT2D eigenvalue weighted by atomic mass is 16.5. The minimum Gasteiger partial charge on any atom is -0.493 e. The highest BCUT2D eigenvalue weighted by molar-refractivity contribution is 5.32. The van der Waals surface area contributed by atoms with E-state index in [1.165, 1.54) is 0 Å². The van der Waals surface area contributed by atoms with Crippen molar-refractivity contribution in [2.24, 2.45) is 5.92 Å². The number of ether oxygens (including phenoxy) is 2. The SMILES string of the molecule is CCOCc1[nH]c(=O)[nH]c(=O)c1Cc1ccc(OCC(C)C)cc1. The van der Waals surface area contributed by atoms with Crippen LogP contribution in [0.25, 0.3) is 0 Å². The number of hydrogen-bond acceptors (Lipinski definition) is 4. The smallest absolute Gasteiger partial charge is 0.325 e. The van der Waals surface area contributed by atoms with Crippen LogP contribution in [0.3, 0.4) is 0 Å². The van der Waals surface area contributed by atoms with E-state index in [1.54, 1.807) is 0 Å². The third kappa shape index (κ3) is 5.09. The molecule has 0 aliphatic heterocycles. The number of rotatable bonds is 8. The van der Waals surface area contributed by atoms with Crippen molar-refractivity contribution in [3.8, 4) is 5.75 Å². The summed E-state index contributed by atoms with van der Waals surface area (Å²) in [6.45, 7) is 7.43. The molecule has 0 atom stereocenters. The van der Waals surface area contributed by atoms with Gasteiger partial charge in [-0.05, 0) is 30.5 Å². The molecule has 0 aliphatic carbocycles. The van der Waals surface area contributed by atoms with Crippen molar-refractivity contribution in [1.82, 2.24) is 9.97 Å². The number of aromatic nitrogens is 2. The number of aromatic amines is 2. The van der Waals surface area contributed by atoms with Gasteiger partial charge in [-0.25, -0.2) is 4.79 Å². The quantitative estimate of drug-likeness (QED) is 0.776. The van der Waals surface area contributed by atoms with Crippen molar-refractivity contribution >= 4 is 0 Å². The maximum absolute atomic E-state index is 12.1.